The Labute approximate surface area is 98.1 Å². The summed E-state index contributed by atoms with van der Waals surface area (Å²) in [6, 6.07) is 8.34. The molecule has 0 atom stereocenters. The minimum absolute atomic E-state index is 0.914. The molecule has 1 aromatic heterocycles. The third-order valence-corrected chi connectivity index (χ3v) is 3.23. The lowest BCUT2D eigenvalue weighted by molar-refractivity contribution is 0.864. The third kappa shape index (κ3) is 1.72. The molecule has 1 aromatic carbocycles. The fourth-order valence-electron chi connectivity index (χ4n) is 1.70. The number of aromatic nitrogens is 2. The van der Waals surface area contributed by atoms with Crippen molar-refractivity contribution < 1.29 is 0 Å². The summed E-state index contributed by atoms with van der Waals surface area (Å²) in [5, 5.41) is 0. The van der Waals surface area contributed by atoms with E-state index in [9.17, 15) is 0 Å². The lowest BCUT2D eigenvalue weighted by atomic mass is 10.1. The maximum absolute atomic E-state index is 4.41. The molecular weight excluding hydrogens is 252 g/mol. The topological polar surface area (TPSA) is 17.8 Å². The maximum atomic E-state index is 4.41. The quantitative estimate of drug-likeness (QED) is 0.772. The van der Waals surface area contributed by atoms with E-state index >= 15 is 0 Å². The molecule has 2 rings (SSSR count). The van der Waals surface area contributed by atoms with Gasteiger partial charge in [-0.05, 0) is 35.3 Å². The van der Waals surface area contributed by atoms with E-state index in [2.05, 4.69) is 56.7 Å². The normalized spacial score (nSPS) is 10.7. The first-order valence-corrected chi connectivity index (χ1v) is 5.65. The smallest absolute Gasteiger partial charge is 0.132 e. The van der Waals surface area contributed by atoms with Crippen LogP contribution < -0.4 is 0 Å². The van der Waals surface area contributed by atoms with Crippen LogP contribution in [0.3, 0.4) is 0 Å². The molecule has 3 heteroatoms. The Morgan fingerprint density at radius 1 is 1.20 bits per heavy atom. The van der Waals surface area contributed by atoms with Crippen molar-refractivity contribution in [3.63, 3.8) is 0 Å². The van der Waals surface area contributed by atoms with Gasteiger partial charge in [0.25, 0.3) is 0 Å². The fourth-order valence-corrected chi connectivity index (χ4v) is 2.44. The number of benzene rings is 1. The monoisotopic (exact) mass is 264 g/mol. The van der Waals surface area contributed by atoms with Crippen LogP contribution in [0.4, 0.5) is 0 Å². The summed E-state index contributed by atoms with van der Waals surface area (Å²) in [4.78, 5) is 4.41. The highest BCUT2D eigenvalue weighted by atomic mass is 79.9. The van der Waals surface area contributed by atoms with E-state index in [1.807, 2.05) is 14.0 Å². The standard InChI is InChI=1S/C12H13BrN2/c1-8-6-4-5-7-10(8)11-12(13)14-9(2)15(11)3/h4-7H,1-3H3. The summed E-state index contributed by atoms with van der Waals surface area (Å²) in [6.07, 6.45) is 0. The van der Waals surface area contributed by atoms with E-state index in [-0.39, 0.29) is 0 Å². The molecule has 0 amide bonds. The number of hydrogen-bond donors (Lipinski definition) is 0. The van der Waals surface area contributed by atoms with Crippen molar-refractivity contribution in [2.24, 2.45) is 7.05 Å². The van der Waals surface area contributed by atoms with Crippen LogP contribution in [0, 0.1) is 13.8 Å². The summed E-state index contributed by atoms with van der Waals surface area (Å²) >= 11 is 3.51. The van der Waals surface area contributed by atoms with Crippen LogP contribution in [-0.4, -0.2) is 9.55 Å². The number of halogens is 1. The summed E-state index contributed by atoms with van der Waals surface area (Å²) in [7, 11) is 2.04. The largest absolute Gasteiger partial charge is 0.330 e. The minimum Gasteiger partial charge on any atom is -0.330 e. The third-order valence-electron chi connectivity index (χ3n) is 2.68. The van der Waals surface area contributed by atoms with Gasteiger partial charge in [0.05, 0.1) is 5.69 Å². The summed E-state index contributed by atoms with van der Waals surface area (Å²) in [5.41, 5.74) is 3.64. The van der Waals surface area contributed by atoms with Gasteiger partial charge in [-0.25, -0.2) is 4.98 Å². The van der Waals surface area contributed by atoms with Gasteiger partial charge in [-0.2, -0.15) is 0 Å². The van der Waals surface area contributed by atoms with Crippen molar-refractivity contribution in [3.8, 4) is 11.3 Å². The highest BCUT2D eigenvalue weighted by molar-refractivity contribution is 9.10. The highest BCUT2D eigenvalue weighted by Gasteiger charge is 2.13. The van der Waals surface area contributed by atoms with Crippen LogP contribution >= 0.6 is 15.9 Å². The van der Waals surface area contributed by atoms with Gasteiger partial charge in [-0.15, -0.1) is 0 Å². The molecule has 2 nitrogen and oxygen atoms in total. The molecular formula is C12H13BrN2. The molecule has 0 saturated carbocycles. The van der Waals surface area contributed by atoms with Crippen LogP contribution in [0.25, 0.3) is 11.3 Å². The predicted molar refractivity (Wildman–Crippen MR) is 65.8 cm³/mol. The predicted octanol–water partition coefficient (Wildman–Crippen LogP) is 3.47. The maximum Gasteiger partial charge on any atom is 0.132 e. The number of nitrogens with zero attached hydrogens (tertiary/aromatic N) is 2. The van der Waals surface area contributed by atoms with Gasteiger partial charge < -0.3 is 4.57 Å². The SMILES string of the molecule is Cc1ccccc1-c1c(Br)nc(C)n1C. The van der Waals surface area contributed by atoms with E-state index in [0.717, 1.165) is 16.1 Å². The second-order valence-electron chi connectivity index (χ2n) is 3.67. The molecule has 0 unspecified atom stereocenters. The van der Waals surface area contributed by atoms with Crippen LogP contribution in [-0.2, 0) is 7.05 Å². The molecule has 0 aliphatic rings. The summed E-state index contributed by atoms with van der Waals surface area (Å²) < 4.78 is 3.02. The van der Waals surface area contributed by atoms with Gasteiger partial charge in [-0.3, -0.25) is 0 Å². The van der Waals surface area contributed by atoms with E-state index in [1.165, 1.54) is 11.1 Å². The average Bonchev–Trinajstić information content (AvgIpc) is 2.43. The van der Waals surface area contributed by atoms with Crippen molar-refractivity contribution in [3.05, 3.63) is 40.3 Å². The molecule has 0 saturated heterocycles. The van der Waals surface area contributed by atoms with E-state index in [4.69, 9.17) is 0 Å². The van der Waals surface area contributed by atoms with Gasteiger partial charge in [-0.1, -0.05) is 24.3 Å². The molecule has 0 bridgehead atoms. The van der Waals surface area contributed by atoms with Crippen molar-refractivity contribution in [2.45, 2.75) is 13.8 Å². The molecule has 0 N–H and O–H groups in total. The van der Waals surface area contributed by atoms with Crippen molar-refractivity contribution >= 4 is 15.9 Å². The Hall–Kier alpha value is -1.09. The molecule has 0 aliphatic carbocycles. The highest BCUT2D eigenvalue weighted by Crippen LogP contribution is 2.30. The zero-order valence-electron chi connectivity index (χ0n) is 9.08. The molecule has 0 radical (unpaired) electrons. The van der Waals surface area contributed by atoms with E-state index in [0.29, 0.717) is 0 Å². The first kappa shape index (κ1) is 10.4. The molecule has 15 heavy (non-hydrogen) atoms. The van der Waals surface area contributed by atoms with Crippen LogP contribution in [0.15, 0.2) is 28.9 Å². The van der Waals surface area contributed by atoms with Crippen molar-refractivity contribution in [2.75, 3.05) is 0 Å². The molecule has 0 aliphatic heterocycles. The minimum atomic E-state index is 0.914. The fraction of sp³-hybridized carbons (Fsp3) is 0.250. The molecule has 78 valence electrons. The van der Waals surface area contributed by atoms with Gasteiger partial charge in [0.1, 0.15) is 10.4 Å². The Kier molecular flexibility index (Phi) is 2.65. The van der Waals surface area contributed by atoms with Crippen LogP contribution in [0.2, 0.25) is 0 Å². The van der Waals surface area contributed by atoms with Gasteiger partial charge in [0.2, 0.25) is 0 Å². The summed E-state index contributed by atoms with van der Waals surface area (Å²) in [6.45, 7) is 4.12. The van der Waals surface area contributed by atoms with Crippen molar-refractivity contribution in [1.82, 2.24) is 9.55 Å². The summed E-state index contributed by atoms with van der Waals surface area (Å²) in [5.74, 6) is 1.01. The Morgan fingerprint density at radius 3 is 2.40 bits per heavy atom. The molecule has 2 aromatic rings. The second kappa shape index (κ2) is 3.81. The van der Waals surface area contributed by atoms with Gasteiger partial charge in [0.15, 0.2) is 0 Å². The number of imidazole rings is 1. The first-order chi connectivity index (χ1) is 7.11. The lowest BCUT2D eigenvalue weighted by Gasteiger charge is -2.07. The Balaban J connectivity index is 2.69. The van der Waals surface area contributed by atoms with E-state index < -0.39 is 0 Å². The molecule has 0 spiro atoms. The Morgan fingerprint density at radius 2 is 1.87 bits per heavy atom. The zero-order chi connectivity index (χ0) is 11.0. The van der Waals surface area contributed by atoms with Crippen LogP contribution in [0.5, 0.6) is 0 Å². The van der Waals surface area contributed by atoms with Crippen LogP contribution in [0.1, 0.15) is 11.4 Å². The molecule has 1 heterocycles. The molecule has 0 fully saturated rings. The second-order valence-corrected chi connectivity index (χ2v) is 4.42. The van der Waals surface area contributed by atoms with Crippen molar-refractivity contribution in [1.29, 1.82) is 0 Å². The number of aryl methyl sites for hydroxylation is 2. The number of rotatable bonds is 1. The zero-order valence-corrected chi connectivity index (χ0v) is 10.7. The van der Waals surface area contributed by atoms with Gasteiger partial charge >= 0.3 is 0 Å². The number of hydrogen-bond acceptors (Lipinski definition) is 1. The first-order valence-electron chi connectivity index (χ1n) is 4.86. The lowest BCUT2D eigenvalue weighted by Crippen LogP contribution is -1.95. The average molecular weight is 265 g/mol. The van der Waals surface area contributed by atoms with Gasteiger partial charge in [0, 0.05) is 12.6 Å². The Bertz CT molecular complexity index is 500. The van der Waals surface area contributed by atoms with E-state index in [1.54, 1.807) is 0 Å².